The molecule has 0 N–H and O–H groups in total. The van der Waals surface area contributed by atoms with Crippen LogP contribution in [0.4, 0.5) is 0 Å². The molecule has 206 valence electrons. The van der Waals surface area contributed by atoms with Gasteiger partial charge in [-0.05, 0) is 62.2 Å². The summed E-state index contributed by atoms with van der Waals surface area (Å²) >= 11 is 1.22. The average molecular weight is 580 g/mol. The Bertz CT molecular complexity index is 1580. The van der Waals surface area contributed by atoms with E-state index in [1.807, 2.05) is 11.5 Å². The molecule has 1 aliphatic rings. The van der Waals surface area contributed by atoms with Crippen LogP contribution in [0, 0.1) is 0 Å². The third kappa shape index (κ3) is 6.26. The van der Waals surface area contributed by atoms with Gasteiger partial charge in [-0.2, -0.15) is 9.30 Å². The van der Waals surface area contributed by atoms with Crippen molar-refractivity contribution in [2.75, 3.05) is 26.5 Å². The molecule has 0 saturated heterocycles. The second-order valence-corrected chi connectivity index (χ2v) is 14.4. The molecule has 1 heterocycles. The minimum Gasteiger partial charge on any atom is -0.380 e. The van der Waals surface area contributed by atoms with E-state index in [2.05, 4.69) is 4.99 Å². The Morgan fingerprint density at radius 2 is 1.71 bits per heavy atom. The highest BCUT2D eigenvalue weighted by Gasteiger charge is 2.29. The van der Waals surface area contributed by atoms with Gasteiger partial charge in [0.1, 0.15) is 0 Å². The Hall–Kier alpha value is -2.38. The molecule has 3 aromatic rings. The maximum Gasteiger partial charge on any atom is 0.279 e. The first-order chi connectivity index (χ1) is 18.0. The molecule has 1 saturated carbocycles. The van der Waals surface area contributed by atoms with Gasteiger partial charge in [0.25, 0.3) is 5.91 Å². The van der Waals surface area contributed by atoms with E-state index < -0.39 is 25.8 Å². The first-order valence-corrected chi connectivity index (χ1v) is 16.8. The molecular formula is C26H33N3O6S3. The molecule has 0 atom stereocenters. The van der Waals surface area contributed by atoms with E-state index in [1.165, 1.54) is 46.0 Å². The average Bonchev–Trinajstić information content (AvgIpc) is 3.24. The van der Waals surface area contributed by atoms with Crippen LogP contribution >= 0.6 is 11.3 Å². The highest BCUT2D eigenvalue weighted by molar-refractivity contribution is 7.90. The number of carbonyl (C=O) groups is 1. The first-order valence-electron chi connectivity index (χ1n) is 12.6. The van der Waals surface area contributed by atoms with Gasteiger partial charge in [0.15, 0.2) is 14.6 Å². The van der Waals surface area contributed by atoms with E-state index in [1.54, 1.807) is 19.2 Å². The molecule has 1 aromatic heterocycles. The monoisotopic (exact) mass is 579 g/mol. The van der Waals surface area contributed by atoms with Crippen molar-refractivity contribution < 1.29 is 26.4 Å². The zero-order valence-electron chi connectivity index (χ0n) is 21.8. The smallest absolute Gasteiger partial charge is 0.279 e. The second-order valence-electron chi connectivity index (χ2n) is 9.39. The summed E-state index contributed by atoms with van der Waals surface area (Å²) in [5.74, 6) is -0.519. The van der Waals surface area contributed by atoms with Crippen molar-refractivity contribution >= 4 is 47.3 Å². The van der Waals surface area contributed by atoms with Gasteiger partial charge >= 0.3 is 0 Å². The molecule has 0 aliphatic heterocycles. The molecule has 1 amide bonds. The Morgan fingerprint density at radius 3 is 2.34 bits per heavy atom. The van der Waals surface area contributed by atoms with E-state index in [-0.39, 0.29) is 21.4 Å². The molecule has 12 heteroatoms. The number of aromatic nitrogens is 1. The van der Waals surface area contributed by atoms with E-state index in [9.17, 15) is 21.6 Å². The Morgan fingerprint density at radius 1 is 1.05 bits per heavy atom. The molecule has 4 rings (SSSR count). The highest BCUT2D eigenvalue weighted by atomic mass is 32.2. The van der Waals surface area contributed by atoms with Crippen molar-refractivity contribution in [3.63, 3.8) is 0 Å². The number of carbonyl (C=O) groups excluding carboxylic acids is 1. The van der Waals surface area contributed by atoms with E-state index in [4.69, 9.17) is 4.74 Å². The van der Waals surface area contributed by atoms with Crippen molar-refractivity contribution in [1.29, 1.82) is 0 Å². The topological polar surface area (TPSA) is 115 Å². The van der Waals surface area contributed by atoms with Gasteiger partial charge in [-0.1, -0.05) is 30.6 Å². The lowest BCUT2D eigenvalue weighted by Crippen LogP contribution is -2.38. The lowest BCUT2D eigenvalue weighted by Gasteiger charge is -2.30. The number of sulfonamides is 1. The number of ether oxygens (including phenoxy) is 1. The molecule has 0 spiro atoms. The van der Waals surface area contributed by atoms with Crippen LogP contribution in [-0.2, 0) is 31.1 Å². The van der Waals surface area contributed by atoms with Crippen LogP contribution in [0.3, 0.4) is 0 Å². The third-order valence-electron chi connectivity index (χ3n) is 6.81. The van der Waals surface area contributed by atoms with Crippen molar-refractivity contribution in [2.24, 2.45) is 4.99 Å². The fourth-order valence-electron chi connectivity index (χ4n) is 4.61. The molecule has 38 heavy (non-hydrogen) atoms. The number of hydrogen-bond acceptors (Lipinski definition) is 7. The van der Waals surface area contributed by atoms with Crippen LogP contribution in [0.1, 0.15) is 49.4 Å². The SMILES string of the molecule is CCOCCn1c(=NC(=O)c2ccc(S(=O)(=O)N(C)C3CCCCC3)cc2)sc2cc(S(C)(=O)=O)ccc21. The van der Waals surface area contributed by atoms with Gasteiger partial charge < -0.3 is 9.30 Å². The number of thiazole rings is 1. The van der Waals surface area contributed by atoms with Gasteiger partial charge in [-0.3, -0.25) is 4.79 Å². The van der Waals surface area contributed by atoms with Crippen LogP contribution in [0.2, 0.25) is 0 Å². The number of sulfone groups is 1. The molecular weight excluding hydrogens is 547 g/mol. The summed E-state index contributed by atoms with van der Waals surface area (Å²) in [7, 11) is -5.44. The van der Waals surface area contributed by atoms with Gasteiger partial charge in [-0.15, -0.1) is 0 Å². The summed E-state index contributed by atoms with van der Waals surface area (Å²) in [6.45, 7) is 3.26. The fourth-order valence-corrected chi connectivity index (χ4v) is 7.85. The van der Waals surface area contributed by atoms with Gasteiger partial charge in [-0.25, -0.2) is 16.8 Å². The lowest BCUT2D eigenvalue weighted by atomic mass is 9.96. The maximum atomic E-state index is 13.1. The largest absolute Gasteiger partial charge is 0.380 e. The maximum absolute atomic E-state index is 13.1. The van der Waals surface area contributed by atoms with Gasteiger partial charge in [0.2, 0.25) is 10.0 Å². The van der Waals surface area contributed by atoms with Crippen molar-refractivity contribution in [1.82, 2.24) is 8.87 Å². The predicted molar refractivity (Wildman–Crippen MR) is 148 cm³/mol. The summed E-state index contributed by atoms with van der Waals surface area (Å²) in [6.07, 6.45) is 6.05. The number of fused-ring (bicyclic) bond motifs is 1. The number of amides is 1. The van der Waals surface area contributed by atoms with Gasteiger partial charge in [0.05, 0.1) is 26.6 Å². The molecule has 1 aliphatic carbocycles. The zero-order chi connectivity index (χ0) is 27.5. The summed E-state index contributed by atoms with van der Waals surface area (Å²) in [4.78, 5) is 18.1. The molecule has 1 fully saturated rings. The lowest BCUT2D eigenvalue weighted by molar-refractivity contribution is 0.0996. The predicted octanol–water partition coefficient (Wildman–Crippen LogP) is 3.84. The van der Waals surface area contributed by atoms with Crippen molar-refractivity contribution in [2.45, 2.75) is 61.4 Å². The van der Waals surface area contributed by atoms with Gasteiger partial charge in [0, 0.05) is 38.1 Å². The van der Waals surface area contributed by atoms with Crippen LogP contribution < -0.4 is 4.80 Å². The second kappa shape index (κ2) is 11.8. The molecule has 0 bridgehead atoms. The third-order valence-corrected chi connectivity index (χ3v) is 10.9. The summed E-state index contributed by atoms with van der Waals surface area (Å²) in [5, 5.41) is 0. The molecule has 0 radical (unpaired) electrons. The minimum absolute atomic E-state index is 0.00614. The Kier molecular flexibility index (Phi) is 8.88. The number of rotatable bonds is 9. The summed E-state index contributed by atoms with van der Waals surface area (Å²) < 4.78 is 59.8. The van der Waals surface area contributed by atoms with Crippen LogP contribution in [0.5, 0.6) is 0 Å². The van der Waals surface area contributed by atoms with E-state index in [0.29, 0.717) is 29.3 Å². The Labute approximate surface area is 227 Å². The van der Waals surface area contributed by atoms with Crippen LogP contribution in [0.15, 0.2) is 57.2 Å². The van der Waals surface area contributed by atoms with Crippen molar-refractivity contribution in [3.8, 4) is 0 Å². The van der Waals surface area contributed by atoms with E-state index >= 15 is 0 Å². The van der Waals surface area contributed by atoms with E-state index in [0.717, 1.165) is 43.9 Å². The van der Waals surface area contributed by atoms with Crippen molar-refractivity contribution in [3.05, 3.63) is 52.8 Å². The summed E-state index contributed by atoms with van der Waals surface area (Å²) in [5.41, 5.74) is 1.01. The van der Waals surface area contributed by atoms with Crippen LogP contribution in [-0.4, -0.2) is 64.2 Å². The van der Waals surface area contributed by atoms with Crippen LogP contribution in [0.25, 0.3) is 10.2 Å². The zero-order valence-corrected chi connectivity index (χ0v) is 24.2. The first kappa shape index (κ1) is 28.6. The normalized spacial score (nSPS) is 15.9. The molecule has 0 unspecified atom stereocenters. The quantitative estimate of drug-likeness (QED) is 0.356. The molecule has 2 aromatic carbocycles. The summed E-state index contributed by atoms with van der Waals surface area (Å²) in [6, 6.07) is 10.7. The number of benzene rings is 2. The number of hydrogen-bond donors (Lipinski definition) is 0. The Balaban J connectivity index is 1.65. The number of nitrogens with zero attached hydrogens (tertiary/aromatic N) is 3. The fraction of sp³-hybridized carbons (Fsp3) is 0.462. The minimum atomic E-state index is -3.67. The molecule has 9 nitrogen and oxygen atoms in total. The highest BCUT2D eigenvalue weighted by Crippen LogP contribution is 2.27. The standard InChI is InChI=1S/C26H33N3O6S3/c1-4-35-17-16-29-23-15-14-22(37(3,31)32)18-24(23)36-26(29)27-25(30)19-10-12-21(13-11-19)38(33,34)28(2)20-8-6-5-7-9-20/h10-15,18,20H,4-9,16-17H2,1-3H3.